The van der Waals surface area contributed by atoms with Gasteiger partial charge in [0, 0.05) is 0 Å². The zero-order valence-electron chi connectivity index (χ0n) is 9.59. The molecule has 0 N–H and O–H groups in total. The molecular formula is C13H18O2S. The van der Waals surface area contributed by atoms with Crippen molar-refractivity contribution < 1.29 is 8.42 Å². The van der Waals surface area contributed by atoms with Gasteiger partial charge < -0.3 is 0 Å². The van der Waals surface area contributed by atoms with Crippen molar-refractivity contribution in [1.29, 1.82) is 0 Å². The summed E-state index contributed by atoms with van der Waals surface area (Å²) in [6.07, 6.45) is 2.46. The van der Waals surface area contributed by atoms with E-state index in [1.807, 2.05) is 18.2 Å². The molecule has 0 saturated carbocycles. The summed E-state index contributed by atoms with van der Waals surface area (Å²) in [5, 5.41) is -0.109. The van der Waals surface area contributed by atoms with Gasteiger partial charge in [-0.3, -0.25) is 0 Å². The summed E-state index contributed by atoms with van der Waals surface area (Å²) < 4.78 is 23.5. The molecular weight excluding hydrogens is 220 g/mol. The van der Waals surface area contributed by atoms with Crippen LogP contribution in [0.4, 0.5) is 0 Å². The Labute approximate surface area is 97.6 Å². The van der Waals surface area contributed by atoms with Gasteiger partial charge in [-0.2, -0.15) is 0 Å². The van der Waals surface area contributed by atoms with Crippen molar-refractivity contribution in [2.45, 2.75) is 37.4 Å². The van der Waals surface area contributed by atoms with Gasteiger partial charge in [-0.15, -0.1) is 0 Å². The van der Waals surface area contributed by atoms with Crippen LogP contribution in [0.15, 0.2) is 30.3 Å². The number of hydrogen-bond acceptors (Lipinski definition) is 2. The van der Waals surface area contributed by atoms with Crippen LogP contribution < -0.4 is 0 Å². The van der Waals surface area contributed by atoms with Gasteiger partial charge >= 0.3 is 0 Å². The fourth-order valence-corrected chi connectivity index (χ4v) is 4.44. The molecule has 0 radical (unpaired) electrons. The minimum Gasteiger partial charge on any atom is -0.229 e. The molecule has 2 atom stereocenters. The lowest BCUT2D eigenvalue weighted by Gasteiger charge is -2.16. The zero-order valence-corrected chi connectivity index (χ0v) is 10.4. The SMILES string of the molecule is CC(CC1CCCS1(=O)=O)c1ccccc1. The van der Waals surface area contributed by atoms with Gasteiger partial charge in [-0.25, -0.2) is 8.42 Å². The molecule has 1 saturated heterocycles. The van der Waals surface area contributed by atoms with Gasteiger partial charge in [0.15, 0.2) is 9.84 Å². The summed E-state index contributed by atoms with van der Waals surface area (Å²) in [7, 11) is -2.79. The summed E-state index contributed by atoms with van der Waals surface area (Å²) in [5.41, 5.74) is 1.24. The molecule has 2 nitrogen and oxygen atoms in total. The molecule has 88 valence electrons. The van der Waals surface area contributed by atoms with E-state index < -0.39 is 9.84 Å². The van der Waals surface area contributed by atoms with Crippen molar-refractivity contribution in [1.82, 2.24) is 0 Å². The molecule has 1 fully saturated rings. The van der Waals surface area contributed by atoms with Crippen LogP contribution in [0.5, 0.6) is 0 Å². The topological polar surface area (TPSA) is 34.1 Å². The second-order valence-electron chi connectivity index (χ2n) is 4.68. The molecule has 1 aliphatic heterocycles. The van der Waals surface area contributed by atoms with E-state index in [1.54, 1.807) is 0 Å². The molecule has 16 heavy (non-hydrogen) atoms. The Balaban J connectivity index is 2.06. The molecule has 1 aromatic rings. The third-order valence-corrected chi connectivity index (χ3v) is 5.75. The maximum atomic E-state index is 11.7. The minimum atomic E-state index is -2.79. The Kier molecular flexibility index (Phi) is 3.33. The van der Waals surface area contributed by atoms with Crippen LogP contribution >= 0.6 is 0 Å². The van der Waals surface area contributed by atoms with Crippen molar-refractivity contribution in [3.63, 3.8) is 0 Å². The molecule has 0 bridgehead atoms. The molecule has 3 heteroatoms. The normalized spacial score (nSPS) is 25.4. The molecule has 0 aromatic heterocycles. The number of sulfone groups is 1. The van der Waals surface area contributed by atoms with Crippen LogP contribution in [0, 0.1) is 0 Å². The third kappa shape index (κ3) is 2.46. The van der Waals surface area contributed by atoms with Crippen LogP contribution in [0.2, 0.25) is 0 Å². The van der Waals surface area contributed by atoms with Gasteiger partial charge in [0.25, 0.3) is 0 Å². The molecule has 2 unspecified atom stereocenters. The summed E-state index contributed by atoms with van der Waals surface area (Å²) >= 11 is 0. The average Bonchev–Trinajstić information content (AvgIpc) is 2.59. The lowest BCUT2D eigenvalue weighted by atomic mass is 9.95. The van der Waals surface area contributed by atoms with Gasteiger partial charge in [0.2, 0.25) is 0 Å². The summed E-state index contributed by atoms with van der Waals surface area (Å²) in [6.45, 7) is 2.11. The number of rotatable bonds is 3. The monoisotopic (exact) mass is 238 g/mol. The fraction of sp³-hybridized carbons (Fsp3) is 0.538. The van der Waals surface area contributed by atoms with Crippen molar-refractivity contribution in [3.8, 4) is 0 Å². The highest BCUT2D eigenvalue weighted by atomic mass is 32.2. The highest BCUT2D eigenvalue weighted by Gasteiger charge is 2.32. The van der Waals surface area contributed by atoms with E-state index in [0.717, 1.165) is 19.3 Å². The molecule has 1 aromatic carbocycles. The Morgan fingerprint density at radius 1 is 1.31 bits per heavy atom. The van der Waals surface area contributed by atoms with Gasteiger partial charge in [-0.1, -0.05) is 37.3 Å². The van der Waals surface area contributed by atoms with E-state index in [1.165, 1.54) is 5.56 Å². The molecule has 0 aliphatic carbocycles. The largest absolute Gasteiger partial charge is 0.229 e. The van der Waals surface area contributed by atoms with Crippen molar-refractivity contribution in [3.05, 3.63) is 35.9 Å². The quantitative estimate of drug-likeness (QED) is 0.811. The standard InChI is InChI=1S/C13H18O2S/c1-11(12-6-3-2-4-7-12)10-13-8-5-9-16(13,14)15/h2-4,6-7,11,13H,5,8-10H2,1H3. The summed E-state index contributed by atoms with van der Waals surface area (Å²) in [6, 6.07) is 10.2. The summed E-state index contributed by atoms with van der Waals surface area (Å²) in [4.78, 5) is 0. The average molecular weight is 238 g/mol. The van der Waals surface area contributed by atoms with Crippen molar-refractivity contribution >= 4 is 9.84 Å². The van der Waals surface area contributed by atoms with E-state index in [0.29, 0.717) is 11.7 Å². The van der Waals surface area contributed by atoms with E-state index >= 15 is 0 Å². The predicted molar refractivity (Wildman–Crippen MR) is 66.3 cm³/mol. The molecule has 1 heterocycles. The first-order chi connectivity index (χ1) is 7.59. The van der Waals surface area contributed by atoms with E-state index in [4.69, 9.17) is 0 Å². The van der Waals surface area contributed by atoms with Crippen LogP contribution in [-0.4, -0.2) is 19.4 Å². The van der Waals surface area contributed by atoms with Crippen LogP contribution in [0.25, 0.3) is 0 Å². The lowest BCUT2D eigenvalue weighted by molar-refractivity contribution is 0.565. The molecule has 0 amide bonds. The lowest BCUT2D eigenvalue weighted by Crippen LogP contribution is -2.18. The maximum absolute atomic E-state index is 11.7. The second kappa shape index (κ2) is 4.58. The Morgan fingerprint density at radius 2 is 2.00 bits per heavy atom. The first-order valence-electron chi connectivity index (χ1n) is 5.86. The third-order valence-electron chi connectivity index (χ3n) is 3.45. The van der Waals surface area contributed by atoms with Crippen LogP contribution in [0.1, 0.15) is 37.7 Å². The Hall–Kier alpha value is -0.830. The minimum absolute atomic E-state index is 0.109. The molecule has 0 spiro atoms. The predicted octanol–water partition coefficient (Wildman–Crippen LogP) is 2.76. The summed E-state index contributed by atoms with van der Waals surface area (Å²) in [5.74, 6) is 0.721. The van der Waals surface area contributed by atoms with Crippen molar-refractivity contribution in [2.75, 3.05) is 5.75 Å². The fourth-order valence-electron chi connectivity index (χ4n) is 2.43. The van der Waals surface area contributed by atoms with Crippen molar-refractivity contribution in [2.24, 2.45) is 0 Å². The smallest absolute Gasteiger partial charge is 0.153 e. The zero-order chi connectivity index (χ0) is 11.6. The first-order valence-corrected chi connectivity index (χ1v) is 7.57. The highest BCUT2D eigenvalue weighted by Crippen LogP contribution is 2.30. The molecule has 2 rings (SSSR count). The maximum Gasteiger partial charge on any atom is 0.153 e. The highest BCUT2D eigenvalue weighted by molar-refractivity contribution is 7.92. The number of benzene rings is 1. The van der Waals surface area contributed by atoms with Gasteiger partial charge in [0.1, 0.15) is 0 Å². The number of hydrogen-bond donors (Lipinski definition) is 0. The van der Waals surface area contributed by atoms with Gasteiger partial charge in [0.05, 0.1) is 11.0 Å². The van der Waals surface area contributed by atoms with E-state index in [-0.39, 0.29) is 5.25 Å². The van der Waals surface area contributed by atoms with Crippen LogP contribution in [0.3, 0.4) is 0 Å². The molecule has 1 aliphatic rings. The second-order valence-corrected chi connectivity index (χ2v) is 7.08. The van der Waals surface area contributed by atoms with Gasteiger partial charge in [-0.05, 0) is 30.7 Å². The Bertz CT molecular complexity index is 436. The van der Waals surface area contributed by atoms with E-state index in [2.05, 4.69) is 19.1 Å². The van der Waals surface area contributed by atoms with E-state index in [9.17, 15) is 8.42 Å². The van der Waals surface area contributed by atoms with Crippen LogP contribution in [-0.2, 0) is 9.84 Å². The first kappa shape index (κ1) is 11.6. The Morgan fingerprint density at radius 3 is 2.56 bits per heavy atom.